The highest BCUT2D eigenvalue weighted by atomic mass is 16.3. The molecule has 2 aromatic carbocycles. The Morgan fingerprint density at radius 3 is 2.55 bits per heavy atom. The molecule has 144 valence electrons. The van der Waals surface area contributed by atoms with E-state index in [4.69, 9.17) is 0 Å². The summed E-state index contributed by atoms with van der Waals surface area (Å²) in [4.78, 5) is 17.4. The van der Waals surface area contributed by atoms with Crippen LogP contribution < -0.4 is 5.43 Å². The maximum atomic E-state index is 12.8. The SMILES string of the molecule is Cc1cc(C(=O)N/N=C/c2ccc(O)cc2)c2c(C)nn(-c3ccccc3)c2n1. The van der Waals surface area contributed by atoms with E-state index in [0.717, 1.165) is 11.3 Å². The molecule has 0 saturated carbocycles. The molecular weight excluding hydrogens is 366 g/mol. The zero-order valence-corrected chi connectivity index (χ0v) is 16.0. The number of hydrogen-bond acceptors (Lipinski definition) is 5. The van der Waals surface area contributed by atoms with E-state index in [1.165, 1.54) is 6.21 Å². The minimum Gasteiger partial charge on any atom is -0.508 e. The first-order valence-corrected chi connectivity index (χ1v) is 9.08. The van der Waals surface area contributed by atoms with E-state index < -0.39 is 0 Å². The summed E-state index contributed by atoms with van der Waals surface area (Å²) in [5, 5.41) is 18.6. The number of phenols is 1. The first-order valence-electron chi connectivity index (χ1n) is 9.08. The summed E-state index contributed by atoms with van der Waals surface area (Å²) in [7, 11) is 0. The Bertz CT molecular complexity index is 1210. The number of hydrazone groups is 1. The third-order valence-corrected chi connectivity index (χ3v) is 4.46. The quantitative estimate of drug-likeness (QED) is 0.415. The van der Waals surface area contributed by atoms with E-state index in [2.05, 4.69) is 20.6 Å². The van der Waals surface area contributed by atoms with Crippen molar-refractivity contribution in [3.8, 4) is 11.4 Å². The van der Waals surface area contributed by atoms with Crippen molar-refractivity contribution in [3.05, 3.63) is 83.2 Å². The van der Waals surface area contributed by atoms with E-state index in [1.54, 1.807) is 35.0 Å². The van der Waals surface area contributed by atoms with Crippen LogP contribution in [0.1, 0.15) is 27.3 Å². The van der Waals surface area contributed by atoms with Gasteiger partial charge in [-0.15, -0.1) is 0 Å². The second kappa shape index (κ2) is 7.55. The number of aromatic nitrogens is 3. The molecule has 0 radical (unpaired) electrons. The van der Waals surface area contributed by atoms with Crippen LogP contribution in [0.3, 0.4) is 0 Å². The van der Waals surface area contributed by atoms with E-state index in [1.807, 2.05) is 44.2 Å². The lowest BCUT2D eigenvalue weighted by atomic mass is 10.1. The number of benzene rings is 2. The zero-order chi connectivity index (χ0) is 20.4. The van der Waals surface area contributed by atoms with Crippen LogP contribution in [0.5, 0.6) is 5.75 Å². The van der Waals surface area contributed by atoms with Gasteiger partial charge in [-0.2, -0.15) is 10.2 Å². The zero-order valence-electron chi connectivity index (χ0n) is 16.0. The van der Waals surface area contributed by atoms with Crippen LogP contribution in [0, 0.1) is 13.8 Å². The van der Waals surface area contributed by atoms with Crippen LogP contribution >= 0.6 is 0 Å². The van der Waals surface area contributed by atoms with E-state index in [0.29, 0.717) is 28.0 Å². The van der Waals surface area contributed by atoms with Crippen LogP contribution in [0.2, 0.25) is 0 Å². The van der Waals surface area contributed by atoms with Crippen molar-refractivity contribution in [1.29, 1.82) is 0 Å². The molecule has 4 rings (SSSR count). The Balaban J connectivity index is 1.69. The minimum atomic E-state index is -0.341. The molecule has 2 heterocycles. The van der Waals surface area contributed by atoms with Gasteiger partial charge in [-0.3, -0.25) is 4.79 Å². The van der Waals surface area contributed by atoms with Gasteiger partial charge < -0.3 is 5.11 Å². The highest BCUT2D eigenvalue weighted by Crippen LogP contribution is 2.24. The number of aryl methyl sites for hydroxylation is 2. The fraction of sp³-hybridized carbons (Fsp3) is 0.0909. The molecule has 0 bridgehead atoms. The number of pyridine rings is 1. The number of para-hydroxylation sites is 1. The maximum absolute atomic E-state index is 12.8. The van der Waals surface area contributed by atoms with Crippen molar-refractivity contribution in [2.24, 2.45) is 5.10 Å². The van der Waals surface area contributed by atoms with Gasteiger partial charge in [0.25, 0.3) is 5.91 Å². The molecule has 0 aliphatic heterocycles. The highest BCUT2D eigenvalue weighted by molar-refractivity contribution is 6.07. The summed E-state index contributed by atoms with van der Waals surface area (Å²) in [5.41, 5.74) is 6.71. The smallest absolute Gasteiger partial charge is 0.272 e. The van der Waals surface area contributed by atoms with Gasteiger partial charge in [-0.25, -0.2) is 15.1 Å². The average molecular weight is 385 g/mol. The Labute approximate surface area is 167 Å². The van der Waals surface area contributed by atoms with Gasteiger partial charge in [0, 0.05) is 5.69 Å². The molecule has 0 fully saturated rings. The van der Waals surface area contributed by atoms with E-state index in [-0.39, 0.29) is 11.7 Å². The fourth-order valence-corrected chi connectivity index (χ4v) is 3.13. The van der Waals surface area contributed by atoms with Crippen molar-refractivity contribution in [1.82, 2.24) is 20.2 Å². The number of hydrogen-bond donors (Lipinski definition) is 2. The average Bonchev–Trinajstić information content (AvgIpc) is 3.05. The summed E-state index contributed by atoms with van der Waals surface area (Å²) >= 11 is 0. The molecule has 0 atom stereocenters. The standard InChI is InChI=1S/C22H19N5O2/c1-14-12-19(22(29)25-23-13-16-8-10-18(28)11-9-16)20-15(2)26-27(21(20)24-14)17-6-4-3-5-7-17/h3-13,28H,1-2H3,(H,25,29)/b23-13+. The number of aromatic hydroxyl groups is 1. The first kappa shape index (κ1) is 18.4. The third kappa shape index (κ3) is 3.70. The van der Waals surface area contributed by atoms with Gasteiger partial charge in [-0.05, 0) is 61.9 Å². The van der Waals surface area contributed by atoms with Gasteiger partial charge in [0.05, 0.1) is 28.5 Å². The van der Waals surface area contributed by atoms with Crippen LogP contribution in [0.15, 0.2) is 65.8 Å². The highest BCUT2D eigenvalue weighted by Gasteiger charge is 2.19. The van der Waals surface area contributed by atoms with Gasteiger partial charge in [-0.1, -0.05) is 18.2 Å². The molecule has 0 aliphatic carbocycles. The van der Waals surface area contributed by atoms with Gasteiger partial charge in [0.2, 0.25) is 0 Å². The number of carbonyl (C=O) groups excluding carboxylic acids is 1. The van der Waals surface area contributed by atoms with Crippen molar-refractivity contribution in [3.63, 3.8) is 0 Å². The second-order valence-electron chi connectivity index (χ2n) is 6.63. The van der Waals surface area contributed by atoms with Crippen LogP contribution in [0.4, 0.5) is 0 Å². The Morgan fingerprint density at radius 1 is 1.10 bits per heavy atom. The van der Waals surface area contributed by atoms with E-state index in [9.17, 15) is 9.90 Å². The van der Waals surface area contributed by atoms with E-state index >= 15 is 0 Å². The molecule has 2 N–H and O–H groups in total. The normalized spacial score (nSPS) is 11.2. The largest absolute Gasteiger partial charge is 0.508 e. The van der Waals surface area contributed by atoms with Crippen molar-refractivity contribution in [2.75, 3.05) is 0 Å². The molecule has 0 saturated heterocycles. The molecule has 29 heavy (non-hydrogen) atoms. The minimum absolute atomic E-state index is 0.173. The Kier molecular flexibility index (Phi) is 4.78. The van der Waals surface area contributed by atoms with Crippen molar-refractivity contribution >= 4 is 23.2 Å². The predicted octanol–water partition coefficient (Wildman–Crippen LogP) is 3.51. The molecule has 0 spiro atoms. The number of nitrogens with one attached hydrogen (secondary N) is 1. The predicted molar refractivity (Wildman–Crippen MR) is 112 cm³/mol. The molecule has 7 nitrogen and oxygen atoms in total. The van der Waals surface area contributed by atoms with Gasteiger partial charge in [0.15, 0.2) is 5.65 Å². The molecule has 0 unspecified atom stereocenters. The molecule has 0 aliphatic rings. The summed E-state index contributed by atoms with van der Waals surface area (Å²) < 4.78 is 1.74. The molecule has 2 aromatic heterocycles. The second-order valence-corrected chi connectivity index (χ2v) is 6.63. The van der Waals surface area contributed by atoms with Crippen LogP contribution in [-0.4, -0.2) is 32.0 Å². The summed E-state index contributed by atoms with van der Waals surface area (Å²) in [6.07, 6.45) is 1.52. The van der Waals surface area contributed by atoms with Gasteiger partial charge in [0.1, 0.15) is 5.75 Å². The lowest BCUT2D eigenvalue weighted by Gasteiger charge is -2.06. The lowest BCUT2D eigenvalue weighted by molar-refractivity contribution is 0.0956. The number of phenolic OH excluding ortho intramolecular Hbond substituents is 1. The molecule has 1 amide bonds. The Morgan fingerprint density at radius 2 is 1.83 bits per heavy atom. The first-order chi connectivity index (χ1) is 14.0. The number of fused-ring (bicyclic) bond motifs is 1. The maximum Gasteiger partial charge on any atom is 0.272 e. The summed E-state index contributed by atoms with van der Waals surface area (Å²) in [6, 6.07) is 17.9. The Hall–Kier alpha value is -4.00. The molecular formula is C22H19N5O2. The summed E-state index contributed by atoms with van der Waals surface area (Å²) in [6.45, 7) is 3.70. The van der Waals surface area contributed by atoms with Crippen molar-refractivity contribution < 1.29 is 9.90 Å². The number of rotatable bonds is 4. The summed E-state index contributed by atoms with van der Waals surface area (Å²) in [5.74, 6) is -0.169. The number of nitrogens with zero attached hydrogens (tertiary/aromatic N) is 4. The fourth-order valence-electron chi connectivity index (χ4n) is 3.13. The van der Waals surface area contributed by atoms with Crippen LogP contribution in [0.25, 0.3) is 16.7 Å². The van der Waals surface area contributed by atoms with Crippen LogP contribution in [-0.2, 0) is 0 Å². The molecule has 4 aromatic rings. The number of amides is 1. The monoisotopic (exact) mass is 385 g/mol. The van der Waals surface area contributed by atoms with Gasteiger partial charge >= 0.3 is 0 Å². The number of carbonyl (C=O) groups is 1. The molecule has 7 heteroatoms. The topological polar surface area (TPSA) is 92.4 Å². The lowest BCUT2D eigenvalue weighted by Crippen LogP contribution is -2.18. The van der Waals surface area contributed by atoms with Crippen molar-refractivity contribution in [2.45, 2.75) is 13.8 Å². The third-order valence-electron chi connectivity index (χ3n) is 4.46.